The third-order valence-electron chi connectivity index (χ3n) is 4.37. The van der Waals surface area contributed by atoms with E-state index >= 15 is 0 Å². The fourth-order valence-electron chi connectivity index (χ4n) is 2.81. The van der Waals surface area contributed by atoms with Gasteiger partial charge >= 0.3 is 17.1 Å². The zero-order valence-electron chi connectivity index (χ0n) is 16.8. The average Bonchev–Trinajstić information content (AvgIpc) is 2.73. The number of carbonyl (C=O) groups excluding carboxylic acids is 1. The van der Waals surface area contributed by atoms with E-state index in [2.05, 4.69) is 21.9 Å². The quantitative estimate of drug-likeness (QED) is 0.183. The largest absolute Gasteiger partial charge is 0.462 e. The lowest BCUT2D eigenvalue weighted by atomic mass is 10.1. The van der Waals surface area contributed by atoms with Crippen LogP contribution in [-0.2, 0) is 11.3 Å². The Bertz CT molecular complexity index is 1170. The van der Waals surface area contributed by atoms with Crippen LogP contribution in [0.1, 0.15) is 42.6 Å². The minimum Gasteiger partial charge on any atom is -0.462 e. The van der Waals surface area contributed by atoms with Crippen LogP contribution in [0.25, 0.3) is 11.2 Å². The number of fused-ring (bicyclic) bond motifs is 1. The van der Waals surface area contributed by atoms with Gasteiger partial charge in [-0.25, -0.2) is 14.8 Å². The molecule has 3 aromatic rings. The van der Waals surface area contributed by atoms with Gasteiger partial charge in [0, 0.05) is 5.75 Å². The summed E-state index contributed by atoms with van der Waals surface area (Å²) in [5, 5.41) is 0.450. The van der Waals surface area contributed by atoms with Crippen molar-refractivity contribution in [3.63, 3.8) is 0 Å². The zero-order chi connectivity index (χ0) is 21.7. The van der Waals surface area contributed by atoms with Crippen molar-refractivity contribution >= 4 is 34.7 Å². The maximum Gasteiger partial charge on any atom is 0.338 e. The molecule has 0 atom stereocenters. The van der Waals surface area contributed by atoms with Gasteiger partial charge in [-0.15, -0.1) is 0 Å². The molecule has 9 nitrogen and oxygen atoms in total. The number of H-pyrrole nitrogens is 1. The molecule has 0 saturated carbocycles. The Morgan fingerprint density at radius 1 is 1.20 bits per heavy atom. The van der Waals surface area contributed by atoms with E-state index in [9.17, 15) is 14.4 Å². The van der Waals surface area contributed by atoms with Gasteiger partial charge < -0.3 is 15.5 Å². The lowest BCUT2D eigenvalue weighted by Crippen LogP contribution is -2.37. The highest BCUT2D eigenvalue weighted by Gasteiger charge is 2.15. The molecule has 3 N–H and O–H groups in total. The van der Waals surface area contributed by atoms with Gasteiger partial charge in [-0.2, -0.15) is 0 Å². The number of anilines is 1. The molecule has 0 bridgehead atoms. The summed E-state index contributed by atoms with van der Waals surface area (Å²) in [6.07, 6.45) is 2.03. The number of hydrogen-bond acceptors (Lipinski definition) is 8. The van der Waals surface area contributed by atoms with Crippen LogP contribution < -0.4 is 16.9 Å². The van der Waals surface area contributed by atoms with Gasteiger partial charge in [-0.05, 0) is 31.0 Å². The van der Waals surface area contributed by atoms with E-state index in [0.29, 0.717) is 10.7 Å². The first-order valence-electron chi connectivity index (χ1n) is 9.63. The Morgan fingerprint density at radius 3 is 2.60 bits per heavy atom. The summed E-state index contributed by atoms with van der Waals surface area (Å²) in [5.74, 6) is 0.518. The van der Waals surface area contributed by atoms with Crippen LogP contribution in [0.3, 0.4) is 0 Å². The number of carbonyl (C=O) groups is 1. The van der Waals surface area contributed by atoms with Gasteiger partial charge in [0.2, 0.25) is 0 Å². The maximum atomic E-state index is 12.6. The monoisotopic (exact) mass is 429 g/mol. The minimum atomic E-state index is -0.799. The number of nitrogens with one attached hydrogen (secondary N) is 1. The van der Waals surface area contributed by atoms with Crippen LogP contribution in [-0.4, -0.2) is 37.8 Å². The van der Waals surface area contributed by atoms with E-state index in [1.807, 2.05) is 0 Å². The van der Waals surface area contributed by atoms with Crippen LogP contribution in [0.4, 0.5) is 5.82 Å². The van der Waals surface area contributed by atoms with Gasteiger partial charge in [0.1, 0.15) is 5.52 Å². The summed E-state index contributed by atoms with van der Waals surface area (Å²) in [4.78, 5) is 47.7. The standard InChI is InChI=1S/C20H23N5O4S/c1-3-5-10-30-20-23-15(21)14-16(24-20)25(18(27)17(26)22-14)11-12-6-8-13(9-7-12)19(28)29-4-2/h6-9H,3-5,10-11H2,1-2H3,(H,22,26)(H2,21,23,24). The number of aromatic nitrogens is 4. The van der Waals surface area contributed by atoms with Crippen LogP contribution in [0, 0.1) is 0 Å². The SMILES string of the molecule is CCCCSc1nc(N)c2[nH]c(=O)c(=O)n(Cc3ccc(C(=O)OCC)cc3)c2n1. The van der Waals surface area contributed by atoms with Crippen LogP contribution in [0.2, 0.25) is 0 Å². The van der Waals surface area contributed by atoms with Crippen molar-refractivity contribution in [2.24, 2.45) is 0 Å². The Balaban J connectivity index is 2.01. The molecule has 2 heterocycles. The van der Waals surface area contributed by atoms with Gasteiger partial charge in [0.15, 0.2) is 16.6 Å². The Kier molecular flexibility index (Phi) is 6.88. The van der Waals surface area contributed by atoms with E-state index < -0.39 is 17.1 Å². The van der Waals surface area contributed by atoms with Crippen molar-refractivity contribution in [1.29, 1.82) is 0 Å². The van der Waals surface area contributed by atoms with Crippen LogP contribution >= 0.6 is 11.8 Å². The zero-order valence-corrected chi connectivity index (χ0v) is 17.6. The molecule has 0 unspecified atom stereocenters. The Morgan fingerprint density at radius 2 is 1.93 bits per heavy atom. The van der Waals surface area contributed by atoms with Gasteiger partial charge in [-0.3, -0.25) is 14.2 Å². The summed E-state index contributed by atoms with van der Waals surface area (Å²) in [6, 6.07) is 6.63. The second-order valence-corrected chi connectivity index (χ2v) is 7.62. The number of rotatable bonds is 8. The molecule has 0 aliphatic heterocycles. The number of nitrogen functional groups attached to an aromatic ring is 1. The number of esters is 1. The normalized spacial score (nSPS) is 11.0. The van der Waals surface area contributed by atoms with Crippen molar-refractivity contribution in [1.82, 2.24) is 19.5 Å². The summed E-state index contributed by atoms with van der Waals surface area (Å²) in [5.41, 5.74) is 6.10. The third-order valence-corrected chi connectivity index (χ3v) is 5.30. The van der Waals surface area contributed by atoms with Gasteiger partial charge in [0.25, 0.3) is 0 Å². The van der Waals surface area contributed by atoms with E-state index in [1.54, 1.807) is 31.2 Å². The summed E-state index contributed by atoms with van der Waals surface area (Å²) in [6.45, 7) is 4.21. The molecule has 0 fully saturated rings. The first-order valence-corrected chi connectivity index (χ1v) is 10.6. The highest BCUT2D eigenvalue weighted by molar-refractivity contribution is 7.99. The molecular weight excluding hydrogens is 406 g/mol. The molecule has 3 rings (SSSR count). The Hall–Kier alpha value is -3.14. The summed E-state index contributed by atoms with van der Waals surface area (Å²) in [7, 11) is 0. The van der Waals surface area contributed by atoms with Crippen LogP contribution in [0.5, 0.6) is 0 Å². The number of nitrogens with two attached hydrogens (primary N) is 1. The number of unbranched alkanes of at least 4 members (excludes halogenated alkanes) is 1. The molecule has 10 heteroatoms. The number of thioether (sulfide) groups is 1. The third kappa shape index (κ3) is 4.70. The smallest absolute Gasteiger partial charge is 0.338 e. The molecule has 30 heavy (non-hydrogen) atoms. The molecule has 2 aromatic heterocycles. The van der Waals surface area contributed by atoms with Gasteiger partial charge in [0.05, 0.1) is 18.7 Å². The molecule has 0 radical (unpaired) electrons. The van der Waals surface area contributed by atoms with Crippen molar-refractivity contribution in [3.05, 3.63) is 56.1 Å². The van der Waals surface area contributed by atoms with E-state index in [0.717, 1.165) is 24.2 Å². The fraction of sp³-hybridized carbons (Fsp3) is 0.350. The number of ether oxygens (including phenoxy) is 1. The topological polar surface area (TPSA) is 133 Å². The number of nitrogens with zero attached hydrogens (tertiary/aromatic N) is 3. The Labute approximate surface area is 176 Å². The highest BCUT2D eigenvalue weighted by Crippen LogP contribution is 2.21. The molecule has 0 aliphatic rings. The van der Waals surface area contributed by atoms with Gasteiger partial charge in [-0.1, -0.05) is 37.2 Å². The number of aromatic amines is 1. The lowest BCUT2D eigenvalue weighted by Gasteiger charge is -2.11. The summed E-state index contributed by atoms with van der Waals surface area (Å²) >= 11 is 1.45. The molecule has 0 saturated heterocycles. The molecule has 0 spiro atoms. The predicted octanol–water partition coefficient (Wildman–Crippen LogP) is 2.18. The highest BCUT2D eigenvalue weighted by atomic mass is 32.2. The minimum absolute atomic E-state index is 0.0951. The van der Waals surface area contributed by atoms with Crippen molar-refractivity contribution in [2.45, 2.75) is 38.4 Å². The maximum absolute atomic E-state index is 12.6. The van der Waals surface area contributed by atoms with E-state index in [1.165, 1.54) is 16.3 Å². The van der Waals surface area contributed by atoms with Crippen molar-refractivity contribution in [2.75, 3.05) is 18.1 Å². The lowest BCUT2D eigenvalue weighted by molar-refractivity contribution is 0.0526. The first kappa shape index (κ1) is 21.6. The fourth-order valence-corrected chi connectivity index (χ4v) is 3.74. The first-order chi connectivity index (χ1) is 14.4. The summed E-state index contributed by atoms with van der Waals surface area (Å²) < 4.78 is 6.25. The molecular formula is C20H23N5O4S. The number of benzene rings is 1. The second kappa shape index (κ2) is 9.57. The molecule has 158 valence electrons. The van der Waals surface area contributed by atoms with Crippen molar-refractivity contribution < 1.29 is 9.53 Å². The average molecular weight is 430 g/mol. The van der Waals surface area contributed by atoms with E-state index in [4.69, 9.17) is 10.5 Å². The molecule has 0 amide bonds. The second-order valence-electron chi connectivity index (χ2n) is 6.55. The van der Waals surface area contributed by atoms with Crippen molar-refractivity contribution in [3.8, 4) is 0 Å². The molecule has 0 aliphatic carbocycles. The number of hydrogen-bond donors (Lipinski definition) is 2. The van der Waals surface area contributed by atoms with E-state index in [-0.39, 0.29) is 30.1 Å². The molecule has 1 aromatic carbocycles. The predicted molar refractivity (Wildman–Crippen MR) is 116 cm³/mol. The van der Waals surface area contributed by atoms with Crippen LogP contribution in [0.15, 0.2) is 39.0 Å².